The summed E-state index contributed by atoms with van der Waals surface area (Å²) in [7, 11) is 1.55. The zero-order chi connectivity index (χ0) is 11.5. The van der Waals surface area contributed by atoms with E-state index in [1.807, 2.05) is 24.3 Å². The third-order valence-electron chi connectivity index (χ3n) is 2.06. The summed E-state index contributed by atoms with van der Waals surface area (Å²) in [6.45, 7) is 0. The number of ether oxygens (including phenoxy) is 1. The average molecular weight is 300 g/mol. The molecule has 0 saturated carbocycles. The van der Waals surface area contributed by atoms with E-state index in [0.29, 0.717) is 16.6 Å². The lowest BCUT2D eigenvalue weighted by Crippen LogP contribution is -1.94. The number of hydrogen-bond acceptors (Lipinski definition) is 3. The maximum absolute atomic E-state index is 5.93. The van der Waals surface area contributed by atoms with Crippen molar-refractivity contribution in [3.8, 4) is 17.0 Å². The van der Waals surface area contributed by atoms with Crippen molar-refractivity contribution in [3.05, 3.63) is 40.2 Å². The number of hydrogen-bond donors (Lipinski definition) is 0. The van der Waals surface area contributed by atoms with E-state index >= 15 is 0 Å². The largest absolute Gasteiger partial charge is 0.491 e. The summed E-state index contributed by atoms with van der Waals surface area (Å²) in [6, 6.07) is 7.75. The molecule has 0 amide bonds. The summed E-state index contributed by atoms with van der Waals surface area (Å²) in [4.78, 5) is 8.06. The van der Waals surface area contributed by atoms with Crippen LogP contribution in [-0.2, 0) is 0 Å². The van der Waals surface area contributed by atoms with Crippen LogP contribution in [0.25, 0.3) is 11.3 Å². The smallest absolute Gasteiger partial charge is 0.182 e. The van der Waals surface area contributed by atoms with Crippen molar-refractivity contribution in [1.29, 1.82) is 0 Å². The zero-order valence-electron chi connectivity index (χ0n) is 8.45. The Morgan fingerprint density at radius 1 is 1.31 bits per heavy atom. The van der Waals surface area contributed by atoms with Gasteiger partial charge in [-0.2, -0.15) is 0 Å². The number of rotatable bonds is 2. The summed E-state index contributed by atoms with van der Waals surface area (Å²) < 4.78 is 6.17. The monoisotopic (exact) mass is 298 g/mol. The molecular weight excluding hydrogens is 291 g/mol. The van der Waals surface area contributed by atoms with Gasteiger partial charge in [0, 0.05) is 10.0 Å². The van der Waals surface area contributed by atoms with Gasteiger partial charge in [0.15, 0.2) is 10.9 Å². The SMILES string of the molecule is COc1c(Cl)ncnc1-c1cccc(Br)c1. The predicted octanol–water partition coefficient (Wildman–Crippen LogP) is 3.57. The molecule has 1 heterocycles. The van der Waals surface area contributed by atoms with E-state index in [1.165, 1.54) is 6.33 Å². The highest BCUT2D eigenvalue weighted by Gasteiger charge is 2.12. The highest BCUT2D eigenvalue weighted by atomic mass is 79.9. The number of methoxy groups -OCH3 is 1. The van der Waals surface area contributed by atoms with E-state index in [2.05, 4.69) is 25.9 Å². The van der Waals surface area contributed by atoms with Gasteiger partial charge in [-0.3, -0.25) is 0 Å². The Balaban J connectivity index is 2.60. The van der Waals surface area contributed by atoms with Crippen molar-refractivity contribution in [2.45, 2.75) is 0 Å². The van der Waals surface area contributed by atoms with Gasteiger partial charge in [0.25, 0.3) is 0 Å². The molecule has 0 N–H and O–H groups in total. The maximum atomic E-state index is 5.93. The molecule has 0 aliphatic heterocycles. The molecule has 16 heavy (non-hydrogen) atoms. The first kappa shape index (κ1) is 11.4. The quantitative estimate of drug-likeness (QED) is 0.795. The minimum absolute atomic E-state index is 0.312. The number of halogens is 2. The van der Waals surface area contributed by atoms with Crippen molar-refractivity contribution in [1.82, 2.24) is 9.97 Å². The van der Waals surface area contributed by atoms with Crippen LogP contribution in [0.5, 0.6) is 5.75 Å². The van der Waals surface area contributed by atoms with Crippen LogP contribution in [0.1, 0.15) is 0 Å². The van der Waals surface area contributed by atoms with Crippen LogP contribution < -0.4 is 4.74 Å². The molecule has 0 fully saturated rings. The zero-order valence-corrected chi connectivity index (χ0v) is 10.8. The van der Waals surface area contributed by atoms with Crippen LogP contribution >= 0.6 is 27.5 Å². The van der Waals surface area contributed by atoms with Crippen LogP contribution in [0.3, 0.4) is 0 Å². The Morgan fingerprint density at radius 3 is 2.81 bits per heavy atom. The predicted molar refractivity (Wildman–Crippen MR) is 66.7 cm³/mol. The van der Waals surface area contributed by atoms with Crippen LogP contribution in [0.15, 0.2) is 35.1 Å². The number of aromatic nitrogens is 2. The van der Waals surface area contributed by atoms with Gasteiger partial charge < -0.3 is 4.74 Å². The highest BCUT2D eigenvalue weighted by molar-refractivity contribution is 9.10. The van der Waals surface area contributed by atoms with E-state index in [1.54, 1.807) is 7.11 Å². The molecule has 0 aliphatic carbocycles. The molecular formula is C11H8BrClN2O. The van der Waals surface area contributed by atoms with Crippen molar-refractivity contribution >= 4 is 27.5 Å². The molecule has 2 rings (SSSR count). The summed E-state index contributed by atoms with van der Waals surface area (Å²) in [5.41, 5.74) is 1.61. The molecule has 0 saturated heterocycles. The molecule has 0 bridgehead atoms. The topological polar surface area (TPSA) is 35.0 Å². The van der Waals surface area contributed by atoms with Gasteiger partial charge in [-0.05, 0) is 12.1 Å². The van der Waals surface area contributed by atoms with Crippen molar-refractivity contribution in [3.63, 3.8) is 0 Å². The molecule has 1 aromatic carbocycles. The molecule has 82 valence electrons. The van der Waals surface area contributed by atoms with E-state index in [9.17, 15) is 0 Å². The van der Waals surface area contributed by atoms with Gasteiger partial charge in [-0.1, -0.05) is 39.7 Å². The van der Waals surface area contributed by atoms with Crippen LogP contribution in [0, 0.1) is 0 Å². The maximum Gasteiger partial charge on any atom is 0.182 e. The fourth-order valence-electron chi connectivity index (χ4n) is 1.37. The first-order valence-corrected chi connectivity index (χ1v) is 5.70. The van der Waals surface area contributed by atoms with Gasteiger partial charge in [0.2, 0.25) is 0 Å². The van der Waals surface area contributed by atoms with Crippen LogP contribution in [0.2, 0.25) is 5.15 Å². The van der Waals surface area contributed by atoms with Gasteiger partial charge in [-0.15, -0.1) is 0 Å². The fraction of sp³-hybridized carbons (Fsp3) is 0.0909. The van der Waals surface area contributed by atoms with Crippen molar-refractivity contribution in [2.24, 2.45) is 0 Å². The van der Waals surface area contributed by atoms with E-state index in [-0.39, 0.29) is 0 Å². The Labute approximate surface area is 107 Å². The average Bonchev–Trinajstić information content (AvgIpc) is 2.28. The first-order chi connectivity index (χ1) is 7.72. The summed E-state index contributed by atoms with van der Waals surface area (Å²) in [6.07, 6.45) is 1.42. The lowest BCUT2D eigenvalue weighted by Gasteiger charge is -2.08. The number of benzene rings is 1. The Kier molecular flexibility index (Phi) is 3.41. The normalized spacial score (nSPS) is 10.2. The molecule has 0 unspecified atom stereocenters. The van der Waals surface area contributed by atoms with Crippen LogP contribution in [-0.4, -0.2) is 17.1 Å². The fourth-order valence-corrected chi connectivity index (χ4v) is 1.98. The standard InChI is InChI=1S/C11H8BrClN2O/c1-16-10-9(14-6-15-11(10)13)7-3-2-4-8(12)5-7/h2-6H,1H3. The molecule has 2 aromatic rings. The van der Waals surface area contributed by atoms with Gasteiger partial charge in [0.1, 0.15) is 12.0 Å². The van der Waals surface area contributed by atoms with Crippen molar-refractivity contribution < 1.29 is 4.74 Å². The van der Waals surface area contributed by atoms with Crippen LogP contribution in [0.4, 0.5) is 0 Å². The second kappa shape index (κ2) is 4.80. The number of nitrogens with zero attached hydrogens (tertiary/aromatic N) is 2. The van der Waals surface area contributed by atoms with E-state index < -0.39 is 0 Å². The molecule has 0 spiro atoms. The Morgan fingerprint density at radius 2 is 2.12 bits per heavy atom. The third kappa shape index (κ3) is 2.18. The minimum atomic E-state index is 0.312. The molecule has 0 radical (unpaired) electrons. The van der Waals surface area contributed by atoms with Gasteiger partial charge >= 0.3 is 0 Å². The summed E-state index contributed by atoms with van der Waals surface area (Å²) >= 11 is 9.34. The van der Waals surface area contributed by atoms with E-state index in [0.717, 1.165) is 10.0 Å². The molecule has 0 aliphatic rings. The Bertz CT molecular complexity index is 519. The lowest BCUT2D eigenvalue weighted by atomic mass is 10.1. The highest BCUT2D eigenvalue weighted by Crippen LogP contribution is 2.33. The van der Waals surface area contributed by atoms with E-state index in [4.69, 9.17) is 16.3 Å². The van der Waals surface area contributed by atoms with Crippen molar-refractivity contribution in [2.75, 3.05) is 7.11 Å². The minimum Gasteiger partial charge on any atom is -0.491 e. The summed E-state index contributed by atoms with van der Waals surface area (Å²) in [5.74, 6) is 0.488. The van der Waals surface area contributed by atoms with Gasteiger partial charge in [-0.25, -0.2) is 9.97 Å². The molecule has 0 atom stereocenters. The Hall–Kier alpha value is -1.13. The second-order valence-electron chi connectivity index (χ2n) is 3.06. The first-order valence-electron chi connectivity index (χ1n) is 4.53. The third-order valence-corrected chi connectivity index (χ3v) is 2.83. The summed E-state index contributed by atoms with van der Waals surface area (Å²) in [5, 5.41) is 0.312. The molecule has 3 nitrogen and oxygen atoms in total. The molecule has 5 heteroatoms. The lowest BCUT2D eigenvalue weighted by molar-refractivity contribution is 0.413. The molecule has 1 aromatic heterocycles. The second-order valence-corrected chi connectivity index (χ2v) is 4.33. The van der Waals surface area contributed by atoms with Gasteiger partial charge in [0.05, 0.1) is 7.11 Å².